The smallest absolute Gasteiger partial charge is 0.223 e. The second-order valence-corrected chi connectivity index (χ2v) is 4.46. The van der Waals surface area contributed by atoms with Crippen LogP contribution in [0.1, 0.15) is 20.3 Å². The number of allylic oxidation sites excluding steroid dienone is 1. The lowest BCUT2D eigenvalue weighted by atomic mass is 10.3. The normalized spacial score (nSPS) is 17.8. The Kier molecular flexibility index (Phi) is 4.57. The molecule has 0 spiro atoms. The number of hydrazine groups is 1. The van der Waals surface area contributed by atoms with Gasteiger partial charge in [-0.25, -0.2) is 5.01 Å². The predicted octanol–water partition coefficient (Wildman–Crippen LogP) is 0.722. The number of nitrogens with one attached hydrogen (secondary N) is 1. The summed E-state index contributed by atoms with van der Waals surface area (Å²) in [6.07, 6.45) is 7.94. The van der Waals surface area contributed by atoms with Gasteiger partial charge in [-0.15, -0.1) is 0 Å². The molecule has 6 nitrogen and oxygen atoms in total. The second-order valence-electron chi connectivity index (χ2n) is 4.46. The highest BCUT2D eigenvalue weighted by Gasteiger charge is 2.23. The number of carbonyl (C=O) groups is 1. The van der Waals surface area contributed by atoms with E-state index in [1.54, 1.807) is 12.4 Å². The van der Waals surface area contributed by atoms with Gasteiger partial charge in [0.2, 0.25) is 5.91 Å². The molecule has 0 aromatic heterocycles. The van der Waals surface area contributed by atoms with Crippen LogP contribution in [0.15, 0.2) is 29.3 Å². The molecule has 0 bridgehead atoms. The molecule has 1 fully saturated rings. The molecule has 0 aromatic rings. The first-order chi connectivity index (χ1) is 9.24. The highest BCUT2D eigenvalue weighted by Crippen LogP contribution is 2.13. The van der Waals surface area contributed by atoms with E-state index in [0.29, 0.717) is 13.0 Å². The lowest BCUT2D eigenvalue weighted by Crippen LogP contribution is -2.37. The molecular formula is C13H21N5O. The maximum absolute atomic E-state index is 11.9. The Balaban J connectivity index is 1.83. The van der Waals surface area contributed by atoms with Crippen molar-refractivity contribution >= 4 is 12.1 Å². The largest absolute Gasteiger partial charge is 0.343 e. The van der Waals surface area contributed by atoms with Gasteiger partial charge in [0.25, 0.3) is 0 Å². The number of carbonyl (C=O) groups excluding carboxylic acids is 1. The minimum atomic E-state index is 0.205. The van der Waals surface area contributed by atoms with Gasteiger partial charge in [0.15, 0.2) is 0 Å². The fourth-order valence-corrected chi connectivity index (χ4v) is 2.15. The first-order valence-corrected chi connectivity index (χ1v) is 6.70. The molecule has 2 aliphatic heterocycles. The van der Waals surface area contributed by atoms with E-state index in [1.807, 2.05) is 36.0 Å². The number of rotatable bonds is 5. The van der Waals surface area contributed by atoms with E-state index < -0.39 is 0 Å². The molecule has 0 aliphatic carbocycles. The molecule has 1 amide bonds. The van der Waals surface area contributed by atoms with Crippen LogP contribution in [-0.4, -0.2) is 53.2 Å². The molecular weight excluding hydrogens is 242 g/mol. The molecule has 6 heteroatoms. The zero-order chi connectivity index (χ0) is 13.7. The molecule has 1 N–H and O–H groups in total. The number of amides is 1. The van der Waals surface area contributed by atoms with Crippen molar-refractivity contribution in [3.63, 3.8) is 0 Å². The van der Waals surface area contributed by atoms with E-state index in [9.17, 15) is 4.79 Å². The van der Waals surface area contributed by atoms with Crippen LogP contribution >= 0.6 is 0 Å². The summed E-state index contributed by atoms with van der Waals surface area (Å²) in [5.74, 6) is 1.15. The van der Waals surface area contributed by atoms with E-state index in [1.165, 1.54) is 0 Å². The third-order valence-electron chi connectivity index (χ3n) is 3.25. The van der Waals surface area contributed by atoms with Gasteiger partial charge in [-0.05, 0) is 19.9 Å². The molecule has 2 heterocycles. The quantitative estimate of drug-likeness (QED) is 0.794. The Morgan fingerprint density at radius 3 is 3.00 bits per heavy atom. The second kappa shape index (κ2) is 6.38. The molecule has 0 aromatic carbocycles. The molecule has 0 radical (unpaired) electrons. The van der Waals surface area contributed by atoms with Crippen molar-refractivity contribution < 1.29 is 4.79 Å². The van der Waals surface area contributed by atoms with Crippen LogP contribution in [-0.2, 0) is 4.79 Å². The van der Waals surface area contributed by atoms with Crippen molar-refractivity contribution in [3.8, 4) is 0 Å². The topological polar surface area (TPSA) is 51.2 Å². The van der Waals surface area contributed by atoms with Crippen LogP contribution in [0, 0.1) is 0 Å². The molecule has 104 valence electrons. The van der Waals surface area contributed by atoms with Crippen molar-refractivity contribution in [1.82, 2.24) is 20.2 Å². The van der Waals surface area contributed by atoms with Crippen LogP contribution in [0.2, 0.25) is 0 Å². The summed E-state index contributed by atoms with van der Waals surface area (Å²) in [6, 6.07) is 0. The average Bonchev–Trinajstić information content (AvgIpc) is 2.68. The van der Waals surface area contributed by atoms with Gasteiger partial charge < -0.3 is 15.2 Å². The van der Waals surface area contributed by atoms with Gasteiger partial charge in [0, 0.05) is 38.5 Å². The van der Waals surface area contributed by atoms with Crippen molar-refractivity contribution in [1.29, 1.82) is 0 Å². The Hall–Kier alpha value is -1.82. The lowest BCUT2D eigenvalue weighted by molar-refractivity contribution is -0.131. The number of hydrogen-bond acceptors (Lipinski definition) is 5. The first-order valence-electron chi connectivity index (χ1n) is 6.70. The summed E-state index contributed by atoms with van der Waals surface area (Å²) in [7, 11) is 0. The Bertz CT molecular complexity index is 411. The first kappa shape index (κ1) is 13.6. The van der Waals surface area contributed by atoms with Crippen LogP contribution in [0.3, 0.4) is 0 Å². The lowest BCUT2D eigenvalue weighted by Gasteiger charge is -2.20. The highest BCUT2D eigenvalue weighted by molar-refractivity contribution is 5.76. The molecule has 0 saturated carbocycles. The van der Waals surface area contributed by atoms with Gasteiger partial charge >= 0.3 is 0 Å². The summed E-state index contributed by atoms with van der Waals surface area (Å²) >= 11 is 0. The van der Waals surface area contributed by atoms with Gasteiger partial charge in [-0.3, -0.25) is 9.79 Å². The number of aliphatic imine (C=N–C) groups is 1. The van der Waals surface area contributed by atoms with Crippen LogP contribution in [0.5, 0.6) is 0 Å². The van der Waals surface area contributed by atoms with E-state index >= 15 is 0 Å². The Labute approximate surface area is 114 Å². The SMILES string of the molecule is CCN(CC)C(=O)CCN1CN2C=CC=NC=C2N1. The molecule has 0 atom stereocenters. The van der Waals surface area contributed by atoms with Gasteiger partial charge in [0.1, 0.15) is 5.82 Å². The maximum atomic E-state index is 11.9. The molecule has 1 saturated heterocycles. The zero-order valence-corrected chi connectivity index (χ0v) is 11.5. The fraction of sp³-hybridized carbons (Fsp3) is 0.538. The standard InChI is InChI=1S/C13H21N5O/c1-3-16(4-2)13(19)6-9-18-11-17-8-5-7-14-10-12(17)15-18/h5,7-8,10,15H,3-4,6,9,11H2,1-2H3. The van der Waals surface area contributed by atoms with Crippen molar-refractivity contribution in [2.45, 2.75) is 20.3 Å². The van der Waals surface area contributed by atoms with Crippen molar-refractivity contribution in [2.24, 2.45) is 4.99 Å². The predicted molar refractivity (Wildman–Crippen MR) is 74.8 cm³/mol. The summed E-state index contributed by atoms with van der Waals surface area (Å²) in [5, 5.41) is 2.03. The van der Waals surface area contributed by atoms with Gasteiger partial charge in [-0.2, -0.15) is 0 Å². The Morgan fingerprint density at radius 2 is 2.26 bits per heavy atom. The van der Waals surface area contributed by atoms with Crippen LogP contribution in [0.25, 0.3) is 0 Å². The summed E-state index contributed by atoms with van der Waals surface area (Å²) in [4.78, 5) is 20.0. The van der Waals surface area contributed by atoms with Gasteiger partial charge in [0.05, 0.1) is 12.9 Å². The Morgan fingerprint density at radius 1 is 1.47 bits per heavy atom. The molecule has 19 heavy (non-hydrogen) atoms. The number of hydrogen-bond donors (Lipinski definition) is 1. The summed E-state index contributed by atoms with van der Waals surface area (Å²) in [5.41, 5.74) is 3.25. The van der Waals surface area contributed by atoms with Crippen LogP contribution in [0.4, 0.5) is 0 Å². The summed E-state index contributed by atoms with van der Waals surface area (Å²) < 4.78 is 0. The minimum absolute atomic E-state index is 0.205. The monoisotopic (exact) mass is 263 g/mol. The van der Waals surface area contributed by atoms with E-state index in [2.05, 4.69) is 15.3 Å². The molecule has 2 rings (SSSR count). The maximum Gasteiger partial charge on any atom is 0.223 e. The zero-order valence-electron chi connectivity index (χ0n) is 11.5. The summed E-state index contributed by atoms with van der Waals surface area (Å²) in [6.45, 7) is 6.99. The minimum Gasteiger partial charge on any atom is -0.343 e. The fourth-order valence-electron chi connectivity index (χ4n) is 2.15. The van der Waals surface area contributed by atoms with Gasteiger partial charge in [-0.1, -0.05) is 0 Å². The molecule has 0 unspecified atom stereocenters. The number of fused-ring (bicyclic) bond motifs is 1. The van der Waals surface area contributed by atoms with E-state index in [0.717, 1.165) is 25.6 Å². The average molecular weight is 263 g/mol. The van der Waals surface area contributed by atoms with Crippen LogP contribution < -0.4 is 5.43 Å². The third kappa shape index (κ3) is 3.35. The van der Waals surface area contributed by atoms with Crippen molar-refractivity contribution in [2.75, 3.05) is 26.3 Å². The number of nitrogens with zero attached hydrogens (tertiary/aromatic N) is 4. The molecule has 2 aliphatic rings. The van der Waals surface area contributed by atoms with E-state index in [4.69, 9.17) is 0 Å². The third-order valence-corrected chi connectivity index (χ3v) is 3.25. The highest BCUT2D eigenvalue weighted by atomic mass is 16.2. The van der Waals surface area contributed by atoms with E-state index in [-0.39, 0.29) is 5.91 Å². The van der Waals surface area contributed by atoms with Crippen molar-refractivity contribution in [3.05, 3.63) is 24.3 Å².